The quantitative estimate of drug-likeness (QED) is 0.303. The van der Waals surface area contributed by atoms with Crippen molar-refractivity contribution >= 4 is 8.32 Å². The highest BCUT2D eigenvalue weighted by Gasteiger charge is 2.43. The van der Waals surface area contributed by atoms with E-state index < -0.39 is 26.6 Å². The molecule has 0 aliphatic carbocycles. The second-order valence-corrected chi connectivity index (χ2v) is 13.9. The summed E-state index contributed by atoms with van der Waals surface area (Å²) in [6.07, 6.45) is -2.35. The lowest BCUT2D eigenvalue weighted by Crippen LogP contribution is -2.55. The van der Waals surface area contributed by atoms with Crippen LogP contribution in [0.3, 0.4) is 0 Å². The Labute approximate surface area is 194 Å². The van der Waals surface area contributed by atoms with E-state index in [1.807, 2.05) is 31.2 Å². The Morgan fingerprint density at radius 2 is 1.41 bits per heavy atom. The zero-order valence-corrected chi connectivity index (χ0v) is 22.0. The highest BCUT2D eigenvalue weighted by Crippen LogP contribution is 2.38. The molecule has 0 bridgehead atoms. The molecule has 4 atom stereocenters. The van der Waals surface area contributed by atoms with Crippen LogP contribution in [0, 0.1) is 0 Å². The summed E-state index contributed by atoms with van der Waals surface area (Å²) in [5.74, 6) is 1.35. The van der Waals surface area contributed by atoms with E-state index in [0.717, 1.165) is 5.75 Å². The molecule has 0 aliphatic heterocycles. The van der Waals surface area contributed by atoms with Crippen molar-refractivity contribution < 1.29 is 38.0 Å². The molecular formula is C23H42O8Si. The van der Waals surface area contributed by atoms with Crippen molar-refractivity contribution in [3.8, 4) is 11.5 Å². The lowest BCUT2D eigenvalue weighted by molar-refractivity contribution is -0.199. The van der Waals surface area contributed by atoms with Gasteiger partial charge in [-0.1, -0.05) is 20.8 Å². The molecule has 0 saturated heterocycles. The fraction of sp³-hybridized carbons (Fsp3) is 0.739. The highest BCUT2D eigenvalue weighted by atomic mass is 28.4. The number of benzene rings is 1. The van der Waals surface area contributed by atoms with Crippen LogP contribution in [0.2, 0.25) is 18.1 Å². The highest BCUT2D eigenvalue weighted by molar-refractivity contribution is 6.74. The van der Waals surface area contributed by atoms with E-state index in [1.165, 1.54) is 14.2 Å². The van der Waals surface area contributed by atoms with Gasteiger partial charge in [-0.15, -0.1) is 0 Å². The van der Waals surface area contributed by atoms with Crippen LogP contribution in [0.5, 0.6) is 11.5 Å². The molecular weight excluding hydrogens is 432 g/mol. The van der Waals surface area contributed by atoms with Gasteiger partial charge in [0.25, 0.3) is 0 Å². The maximum absolute atomic E-state index is 10.0. The summed E-state index contributed by atoms with van der Waals surface area (Å²) < 4.78 is 40.1. The van der Waals surface area contributed by atoms with Crippen LogP contribution >= 0.6 is 0 Å². The van der Waals surface area contributed by atoms with Gasteiger partial charge in [0.1, 0.15) is 37.3 Å². The van der Waals surface area contributed by atoms with Crippen molar-refractivity contribution in [1.29, 1.82) is 0 Å². The molecule has 0 saturated carbocycles. The van der Waals surface area contributed by atoms with E-state index in [2.05, 4.69) is 33.9 Å². The van der Waals surface area contributed by atoms with E-state index in [-0.39, 0.29) is 31.3 Å². The van der Waals surface area contributed by atoms with Crippen LogP contribution in [-0.4, -0.2) is 79.4 Å². The van der Waals surface area contributed by atoms with E-state index in [4.69, 9.17) is 32.8 Å². The van der Waals surface area contributed by atoms with Crippen LogP contribution in [0.15, 0.2) is 24.3 Å². The van der Waals surface area contributed by atoms with Gasteiger partial charge < -0.3 is 38.0 Å². The number of ether oxygens (including phenoxy) is 6. The third kappa shape index (κ3) is 8.62. The summed E-state index contributed by atoms with van der Waals surface area (Å²) in [4.78, 5) is 0. The summed E-state index contributed by atoms with van der Waals surface area (Å²) in [5.41, 5.74) is 0. The fourth-order valence-electron chi connectivity index (χ4n) is 2.92. The van der Waals surface area contributed by atoms with Crippen LogP contribution in [0.25, 0.3) is 0 Å². The average Bonchev–Trinajstić information content (AvgIpc) is 2.74. The maximum atomic E-state index is 10.0. The molecule has 9 heteroatoms. The Kier molecular flexibility index (Phi) is 12.2. The van der Waals surface area contributed by atoms with Gasteiger partial charge in [0, 0.05) is 14.2 Å². The van der Waals surface area contributed by atoms with Crippen molar-refractivity contribution in [2.24, 2.45) is 0 Å². The average molecular weight is 475 g/mol. The molecule has 32 heavy (non-hydrogen) atoms. The fourth-order valence-corrected chi connectivity index (χ4v) is 4.33. The predicted molar refractivity (Wildman–Crippen MR) is 126 cm³/mol. The zero-order valence-electron chi connectivity index (χ0n) is 21.0. The maximum Gasteiger partial charge on any atom is 0.192 e. The Balaban J connectivity index is 3.30. The number of rotatable bonds is 15. The Morgan fingerprint density at radius 3 is 1.88 bits per heavy atom. The Morgan fingerprint density at radius 1 is 0.875 bits per heavy atom. The molecule has 1 aromatic rings. The molecule has 8 nitrogen and oxygen atoms in total. The Bertz CT molecular complexity index is 632. The molecule has 186 valence electrons. The second-order valence-electron chi connectivity index (χ2n) is 9.17. The van der Waals surface area contributed by atoms with Gasteiger partial charge in [-0.05, 0) is 49.3 Å². The second kappa shape index (κ2) is 13.5. The van der Waals surface area contributed by atoms with Gasteiger partial charge >= 0.3 is 0 Å². The van der Waals surface area contributed by atoms with Gasteiger partial charge in [0.15, 0.2) is 14.4 Å². The van der Waals surface area contributed by atoms with Gasteiger partial charge in [-0.2, -0.15) is 0 Å². The van der Waals surface area contributed by atoms with Crippen molar-refractivity contribution in [2.75, 3.05) is 41.5 Å². The molecule has 0 spiro atoms. The molecule has 0 aromatic heterocycles. The molecule has 1 aromatic carbocycles. The van der Waals surface area contributed by atoms with Gasteiger partial charge in [-0.3, -0.25) is 0 Å². The normalized spacial score (nSPS) is 16.3. The van der Waals surface area contributed by atoms with Crippen LogP contribution in [-0.2, 0) is 23.4 Å². The monoisotopic (exact) mass is 474 g/mol. The minimum Gasteiger partial charge on any atom is -0.497 e. The number of hydrogen-bond donors (Lipinski definition) is 1. The van der Waals surface area contributed by atoms with Crippen molar-refractivity contribution in [1.82, 2.24) is 0 Å². The summed E-state index contributed by atoms with van der Waals surface area (Å²) in [6, 6.07) is 7.29. The smallest absolute Gasteiger partial charge is 0.192 e. The van der Waals surface area contributed by atoms with Gasteiger partial charge in [-0.25, -0.2) is 0 Å². The lowest BCUT2D eigenvalue weighted by atomic mass is 10.0. The topological polar surface area (TPSA) is 84.8 Å². The van der Waals surface area contributed by atoms with Crippen LogP contribution < -0.4 is 9.47 Å². The van der Waals surface area contributed by atoms with Gasteiger partial charge in [0.2, 0.25) is 0 Å². The van der Waals surface area contributed by atoms with Crippen LogP contribution in [0.1, 0.15) is 27.7 Å². The molecule has 0 fully saturated rings. The summed E-state index contributed by atoms with van der Waals surface area (Å²) >= 11 is 0. The number of hydrogen-bond acceptors (Lipinski definition) is 8. The van der Waals surface area contributed by atoms with Crippen LogP contribution in [0.4, 0.5) is 0 Å². The number of aliphatic hydroxyl groups excluding tert-OH is 1. The summed E-state index contributed by atoms with van der Waals surface area (Å²) in [7, 11) is 2.55. The first-order valence-corrected chi connectivity index (χ1v) is 13.7. The van der Waals surface area contributed by atoms with Crippen molar-refractivity contribution in [2.45, 2.75) is 70.2 Å². The first-order chi connectivity index (χ1) is 15.0. The van der Waals surface area contributed by atoms with Crippen molar-refractivity contribution in [3.63, 3.8) is 0 Å². The molecule has 0 amide bonds. The van der Waals surface area contributed by atoms with Gasteiger partial charge in [0.05, 0.1) is 19.8 Å². The standard InChI is InChI=1S/C23H42O8Si/c1-17(31-32(8,9)23(2,3)4)21(30-19-12-10-18(27-7)11-13-19)22(29-16-26-6)20(14-24)28-15-25-5/h10-13,17,20-22,24H,14-16H2,1-9H3/t17-,20+,21+,22-/m1/s1. The van der Waals surface area contributed by atoms with E-state index in [9.17, 15) is 5.11 Å². The number of methoxy groups -OCH3 is 3. The summed E-state index contributed by atoms with van der Waals surface area (Å²) in [5, 5.41) is 10.1. The lowest BCUT2D eigenvalue weighted by Gasteiger charge is -2.42. The van der Waals surface area contributed by atoms with E-state index in [1.54, 1.807) is 7.11 Å². The summed E-state index contributed by atoms with van der Waals surface area (Å²) in [6.45, 7) is 12.6. The molecule has 0 aliphatic rings. The van der Waals surface area contributed by atoms with E-state index >= 15 is 0 Å². The molecule has 0 radical (unpaired) electrons. The molecule has 0 heterocycles. The minimum atomic E-state index is -2.12. The largest absolute Gasteiger partial charge is 0.497 e. The minimum absolute atomic E-state index is 0.00476. The zero-order chi connectivity index (χ0) is 24.4. The first kappa shape index (κ1) is 28.8. The number of aliphatic hydroxyl groups is 1. The Hall–Kier alpha value is -1.20. The van der Waals surface area contributed by atoms with E-state index in [0.29, 0.717) is 5.75 Å². The third-order valence-corrected chi connectivity index (χ3v) is 10.3. The molecule has 1 N–H and O–H groups in total. The molecule has 1 rings (SSSR count). The van der Waals surface area contributed by atoms with Crippen molar-refractivity contribution in [3.05, 3.63) is 24.3 Å². The third-order valence-electron chi connectivity index (χ3n) is 5.73. The first-order valence-electron chi connectivity index (χ1n) is 10.8. The predicted octanol–water partition coefficient (Wildman–Crippen LogP) is 3.82. The molecule has 0 unspecified atom stereocenters. The SMILES string of the molecule is COCO[C@@H]([C@@H](Oc1ccc(OC)cc1)[C@@H](C)O[Si](C)(C)C(C)(C)C)[C@H](CO)OCOC.